The second-order valence-corrected chi connectivity index (χ2v) is 7.85. The summed E-state index contributed by atoms with van der Waals surface area (Å²) in [5.74, 6) is -0.366. The molecule has 6 heteroatoms. The number of hydrogen-bond donors (Lipinski definition) is 1. The molecule has 27 heavy (non-hydrogen) atoms. The Morgan fingerprint density at radius 1 is 1.19 bits per heavy atom. The molecule has 1 aromatic rings. The molecule has 1 N–H and O–H groups in total. The number of rotatable bonds is 4. The SMILES string of the molecule is C[C@H](C1CC1)N(C)C(=O)c1cccc(N2NC(=O)[C@@H]3CC=CC[C@@H]3C2=O)c1. The first kappa shape index (κ1) is 17.8. The number of carbonyl (C=O) groups excluding carboxylic acids is 3. The first-order valence-electron chi connectivity index (χ1n) is 9.64. The molecule has 3 amide bonds. The number of nitrogens with zero attached hydrogens (tertiary/aromatic N) is 2. The number of benzene rings is 1. The predicted octanol–water partition coefficient (Wildman–Crippen LogP) is 2.52. The van der Waals surface area contributed by atoms with Gasteiger partial charge in [0.05, 0.1) is 17.5 Å². The summed E-state index contributed by atoms with van der Waals surface area (Å²) in [5.41, 5.74) is 3.76. The Balaban J connectivity index is 1.56. The largest absolute Gasteiger partial charge is 0.339 e. The van der Waals surface area contributed by atoms with E-state index in [1.165, 1.54) is 17.9 Å². The highest BCUT2D eigenvalue weighted by atomic mass is 16.2. The van der Waals surface area contributed by atoms with Crippen molar-refractivity contribution in [2.24, 2.45) is 17.8 Å². The van der Waals surface area contributed by atoms with Crippen molar-refractivity contribution in [2.75, 3.05) is 12.1 Å². The molecular weight excluding hydrogens is 342 g/mol. The van der Waals surface area contributed by atoms with Crippen LogP contribution in [-0.2, 0) is 9.59 Å². The van der Waals surface area contributed by atoms with Gasteiger partial charge in [-0.2, -0.15) is 0 Å². The van der Waals surface area contributed by atoms with Crippen molar-refractivity contribution in [3.8, 4) is 0 Å². The minimum atomic E-state index is -0.333. The van der Waals surface area contributed by atoms with Gasteiger partial charge in [-0.15, -0.1) is 0 Å². The first-order chi connectivity index (χ1) is 13.0. The van der Waals surface area contributed by atoms with Crippen molar-refractivity contribution in [1.82, 2.24) is 10.3 Å². The van der Waals surface area contributed by atoms with E-state index in [2.05, 4.69) is 12.3 Å². The van der Waals surface area contributed by atoms with Gasteiger partial charge in [0, 0.05) is 18.7 Å². The fourth-order valence-corrected chi connectivity index (χ4v) is 4.04. The summed E-state index contributed by atoms with van der Waals surface area (Å²) in [4.78, 5) is 40.0. The molecule has 1 aliphatic heterocycles. The maximum absolute atomic E-state index is 12.9. The van der Waals surface area contributed by atoms with Gasteiger partial charge in [0.15, 0.2) is 0 Å². The van der Waals surface area contributed by atoms with Gasteiger partial charge in [-0.3, -0.25) is 19.8 Å². The first-order valence-corrected chi connectivity index (χ1v) is 9.64. The van der Waals surface area contributed by atoms with E-state index in [4.69, 9.17) is 0 Å². The van der Waals surface area contributed by atoms with E-state index in [-0.39, 0.29) is 35.6 Å². The third-order valence-corrected chi connectivity index (χ3v) is 6.12. The molecule has 3 atom stereocenters. The number of fused-ring (bicyclic) bond motifs is 1. The average Bonchev–Trinajstić information content (AvgIpc) is 3.54. The molecule has 1 saturated heterocycles. The highest BCUT2D eigenvalue weighted by molar-refractivity contribution is 6.05. The molecule has 2 fully saturated rings. The predicted molar refractivity (Wildman–Crippen MR) is 102 cm³/mol. The van der Waals surface area contributed by atoms with Gasteiger partial charge in [-0.1, -0.05) is 18.2 Å². The second kappa shape index (κ2) is 6.83. The van der Waals surface area contributed by atoms with Gasteiger partial charge in [0.1, 0.15) is 0 Å². The molecule has 2 aliphatic carbocycles. The Morgan fingerprint density at radius 3 is 2.59 bits per heavy atom. The lowest BCUT2D eigenvalue weighted by Gasteiger charge is -2.38. The van der Waals surface area contributed by atoms with Crippen LogP contribution in [-0.4, -0.2) is 35.7 Å². The number of amides is 3. The maximum atomic E-state index is 12.9. The van der Waals surface area contributed by atoms with E-state index in [0.717, 1.165) is 0 Å². The van der Waals surface area contributed by atoms with Crippen LogP contribution in [0, 0.1) is 17.8 Å². The smallest absolute Gasteiger partial charge is 0.253 e. The molecule has 1 aromatic carbocycles. The summed E-state index contributed by atoms with van der Waals surface area (Å²) in [5, 5.41) is 1.31. The van der Waals surface area contributed by atoms with Gasteiger partial charge < -0.3 is 4.90 Å². The van der Waals surface area contributed by atoms with Gasteiger partial charge in [-0.05, 0) is 56.7 Å². The quantitative estimate of drug-likeness (QED) is 0.832. The zero-order chi connectivity index (χ0) is 19.1. The summed E-state index contributed by atoms with van der Waals surface area (Å²) < 4.78 is 0. The van der Waals surface area contributed by atoms with E-state index in [1.54, 1.807) is 29.2 Å². The van der Waals surface area contributed by atoms with Gasteiger partial charge >= 0.3 is 0 Å². The van der Waals surface area contributed by atoms with Crippen LogP contribution in [0.2, 0.25) is 0 Å². The van der Waals surface area contributed by atoms with E-state index >= 15 is 0 Å². The van der Waals surface area contributed by atoms with Crippen LogP contribution in [0.4, 0.5) is 5.69 Å². The van der Waals surface area contributed by atoms with Crippen LogP contribution in [0.15, 0.2) is 36.4 Å². The van der Waals surface area contributed by atoms with Crippen molar-refractivity contribution >= 4 is 23.4 Å². The molecule has 6 nitrogen and oxygen atoms in total. The van der Waals surface area contributed by atoms with Crippen LogP contribution in [0.25, 0.3) is 0 Å². The molecule has 1 saturated carbocycles. The molecular formula is C21H25N3O3. The highest BCUT2D eigenvalue weighted by Crippen LogP contribution is 2.35. The summed E-state index contributed by atoms with van der Waals surface area (Å²) in [6.07, 6.45) is 7.43. The van der Waals surface area contributed by atoms with E-state index in [0.29, 0.717) is 30.0 Å². The summed E-state index contributed by atoms with van der Waals surface area (Å²) in [7, 11) is 1.82. The standard InChI is InChI=1S/C21H25N3O3/c1-13(14-10-11-14)23(2)20(26)15-6-5-7-16(12-15)24-21(27)18-9-4-3-8-17(18)19(25)22-24/h3-7,12-14,17-18H,8-11H2,1-2H3,(H,22,25)/t13-,17-,18+/m1/s1. The monoisotopic (exact) mass is 367 g/mol. The van der Waals surface area contributed by atoms with E-state index in [9.17, 15) is 14.4 Å². The molecule has 0 spiro atoms. The normalized spacial score (nSPS) is 25.6. The average molecular weight is 367 g/mol. The molecule has 3 aliphatic rings. The third kappa shape index (κ3) is 3.24. The molecule has 142 valence electrons. The Bertz CT molecular complexity index is 815. The number of carbonyl (C=O) groups is 3. The zero-order valence-corrected chi connectivity index (χ0v) is 15.7. The van der Waals surface area contributed by atoms with Crippen molar-refractivity contribution in [2.45, 2.75) is 38.6 Å². The van der Waals surface area contributed by atoms with Crippen LogP contribution < -0.4 is 10.4 Å². The summed E-state index contributed by atoms with van der Waals surface area (Å²) in [6, 6.07) is 7.15. The molecule has 0 radical (unpaired) electrons. The Hall–Kier alpha value is -2.63. The number of hydrogen-bond acceptors (Lipinski definition) is 3. The fourth-order valence-electron chi connectivity index (χ4n) is 4.04. The minimum Gasteiger partial charge on any atom is -0.339 e. The van der Waals surface area contributed by atoms with Crippen molar-refractivity contribution < 1.29 is 14.4 Å². The van der Waals surface area contributed by atoms with Crippen molar-refractivity contribution in [3.63, 3.8) is 0 Å². The highest BCUT2D eigenvalue weighted by Gasteiger charge is 2.42. The minimum absolute atomic E-state index is 0.0643. The summed E-state index contributed by atoms with van der Waals surface area (Å²) in [6.45, 7) is 2.07. The van der Waals surface area contributed by atoms with Crippen molar-refractivity contribution in [1.29, 1.82) is 0 Å². The van der Waals surface area contributed by atoms with Gasteiger partial charge in [0.2, 0.25) is 11.8 Å². The van der Waals surface area contributed by atoms with Gasteiger partial charge in [-0.25, -0.2) is 5.01 Å². The second-order valence-electron chi connectivity index (χ2n) is 7.85. The topological polar surface area (TPSA) is 69.7 Å². The lowest BCUT2D eigenvalue weighted by Crippen LogP contribution is -2.59. The zero-order valence-electron chi connectivity index (χ0n) is 15.7. The number of nitrogens with one attached hydrogen (secondary N) is 1. The molecule has 0 bridgehead atoms. The van der Waals surface area contributed by atoms with Crippen LogP contribution >= 0.6 is 0 Å². The van der Waals surface area contributed by atoms with Crippen molar-refractivity contribution in [3.05, 3.63) is 42.0 Å². The Labute approximate surface area is 159 Å². The van der Waals surface area contributed by atoms with Gasteiger partial charge in [0.25, 0.3) is 5.91 Å². The lowest BCUT2D eigenvalue weighted by atomic mass is 9.80. The third-order valence-electron chi connectivity index (χ3n) is 6.12. The number of hydrazine groups is 1. The van der Waals surface area contributed by atoms with Crippen LogP contribution in [0.5, 0.6) is 0 Å². The molecule has 1 heterocycles. The maximum Gasteiger partial charge on any atom is 0.253 e. The van der Waals surface area contributed by atoms with Crippen LogP contribution in [0.1, 0.15) is 43.0 Å². The Morgan fingerprint density at radius 2 is 1.89 bits per heavy atom. The Kier molecular flexibility index (Phi) is 4.50. The number of allylic oxidation sites excluding steroid dienone is 2. The van der Waals surface area contributed by atoms with E-state index < -0.39 is 0 Å². The van der Waals surface area contributed by atoms with Crippen LogP contribution in [0.3, 0.4) is 0 Å². The summed E-state index contributed by atoms with van der Waals surface area (Å²) >= 11 is 0. The molecule has 4 rings (SSSR count). The molecule has 0 aromatic heterocycles. The number of anilines is 1. The lowest BCUT2D eigenvalue weighted by molar-refractivity contribution is -0.139. The molecule has 0 unspecified atom stereocenters. The fraction of sp³-hybridized carbons (Fsp3) is 0.476. The van der Waals surface area contributed by atoms with E-state index in [1.807, 2.05) is 19.2 Å².